The number of hydrogen-bond donors (Lipinski definition) is 0. The van der Waals surface area contributed by atoms with Crippen molar-refractivity contribution in [3.8, 4) is 5.75 Å². The number of carbonyl (C=O) groups is 1. The van der Waals surface area contributed by atoms with E-state index in [1.807, 2.05) is 23.1 Å². The standard InChI is InChI=1S/C23H30N2O2/c1-24(15-13-19-7-4-3-5-8-19)21-11-12-23(26)25(16-14-21)18-20-9-6-10-22(17-20)27-2/h3-10,17,21H,11-16,18H2,1-2H3. The minimum atomic E-state index is 0.261. The number of rotatable bonds is 7. The highest BCUT2D eigenvalue weighted by Crippen LogP contribution is 2.20. The number of likely N-dealkylation sites (N-methyl/N-ethyl adjacent to an activating group) is 1. The summed E-state index contributed by atoms with van der Waals surface area (Å²) in [5.41, 5.74) is 2.49. The molecule has 4 nitrogen and oxygen atoms in total. The third-order valence-corrected chi connectivity index (χ3v) is 5.50. The van der Waals surface area contributed by atoms with E-state index in [1.54, 1.807) is 7.11 Å². The fourth-order valence-corrected chi connectivity index (χ4v) is 3.75. The van der Waals surface area contributed by atoms with Crippen molar-refractivity contribution in [1.82, 2.24) is 9.80 Å². The predicted octanol–water partition coefficient (Wildman–Crippen LogP) is 3.75. The van der Waals surface area contributed by atoms with Gasteiger partial charge in [0.2, 0.25) is 5.91 Å². The fraction of sp³-hybridized carbons (Fsp3) is 0.435. The molecule has 2 aromatic carbocycles. The zero-order valence-corrected chi connectivity index (χ0v) is 16.4. The summed E-state index contributed by atoms with van der Waals surface area (Å²) in [6.07, 6.45) is 3.65. The minimum absolute atomic E-state index is 0.261. The third-order valence-electron chi connectivity index (χ3n) is 5.50. The molecule has 1 fully saturated rings. The van der Waals surface area contributed by atoms with Crippen LogP contribution in [-0.4, -0.2) is 49.0 Å². The Morgan fingerprint density at radius 2 is 1.85 bits per heavy atom. The number of benzene rings is 2. The first-order valence-electron chi connectivity index (χ1n) is 9.80. The zero-order valence-electron chi connectivity index (χ0n) is 16.4. The third kappa shape index (κ3) is 5.57. The minimum Gasteiger partial charge on any atom is -0.497 e. The molecule has 1 unspecified atom stereocenters. The molecule has 3 rings (SSSR count). The lowest BCUT2D eigenvalue weighted by Gasteiger charge is -2.27. The van der Waals surface area contributed by atoms with Crippen LogP contribution in [0.2, 0.25) is 0 Å². The fourth-order valence-electron chi connectivity index (χ4n) is 3.75. The lowest BCUT2D eigenvalue weighted by atomic mass is 10.1. The molecule has 0 spiro atoms. The summed E-state index contributed by atoms with van der Waals surface area (Å²) in [6.45, 7) is 2.51. The van der Waals surface area contributed by atoms with Crippen LogP contribution in [-0.2, 0) is 17.8 Å². The van der Waals surface area contributed by atoms with Gasteiger partial charge in [0.25, 0.3) is 0 Å². The first-order chi connectivity index (χ1) is 13.2. The topological polar surface area (TPSA) is 32.8 Å². The summed E-state index contributed by atoms with van der Waals surface area (Å²) < 4.78 is 5.30. The Kier molecular flexibility index (Phi) is 6.88. The molecule has 0 saturated carbocycles. The summed E-state index contributed by atoms with van der Waals surface area (Å²) in [5.74, 6) is 1.10. The van der Waals surface area contributed by atoms with Gasteiger partial charge in [-0.05, 0) is 49.6 Å². The Morgan fingerprint density at radius 1 is 1.07 bits per heavy atom. The molecule has 1 amide bonds. The maximum atomic E-state index is 12.6. The summed E-state index contributed by atoms with van der Waals surface area (Å²) in [6, 6.07) is 19.1. The van der Waals surface area contributed by atoms with E-state index < -0.39 is 0 Å². The molecule has 1 atom stereocenters. The van der Waals surface area contributed by atoms with E-state index in [0.717, 1.165) is 43.7 Å². The Hall–Kier alpha value is -2.33. The molecule has 4 heteroatoms. The second-order valence-electron chi connectivity index (χ2n) is 7.36. The van der Waals surface area contributed by atoms with Gasteiger partial charge in [-0.25, -0.2) is 0 Å². The second-order valence-corrected chi connectivity index (χ2v) is 7.36. The van der Waals surface area contributed by atoms with Crippen LogP contribution in [0.4, 0.5) is 0 Å². The quantitative estimate of drug-likeness (QED) is 0.748. The van der Waals surface area contributed by atoms with Gasteiger partial charge in [-0.2, -0.15) is 0 Å². The number of ether oxygens (including phenoxy) is 1. The lowest BCUT2D eigenvalue weighted by Crippen LogP contribution is -2.34. The average molecular weight is 367 g/mol. The van der Waals surface area contributed by atoms with Crippen LogP contribution in [0, 0.1) is 0 Å². The molecule has 0 bridgehead atoms. The summed E-state index contributed by atoms with van der Waals surface area (Å²) in [7, 11) is 3.86. The molecule has 0 aliphatic carbocycles. The molecule has 27 heavy (non-hydrogen) atoms. The number of nitrogens with zero attached hydrogens (tertiary/aromatic N) is 2. The van der Waals surface area contributed by atoms with Gasteiger partial charge in [-0.3, -0.25) is 4.79 Å². The van der Waals surface area contributed by atoms with E-state index in [1.165, 1.54) is 5.56 Å². The van der Waals surface area contributed by atoms with E-state index in [-0.39, 0.29) is 5.91 Å². The van der Waals surface area contributed by atoms with E-state index in [9.17, 15) is 4.79 Å². The number of methoxy groups -OCH3 is 1. The summed E-state index contributed by atoms with van der Waals surface area (Å²) >= 11 is 0. The van der Waals surface area contributed by atoms with Crippen LogP contribution < -0.4 is 4.74 Å². The molecule has 1 heterocycles. The normalized spacial score (nSPS) is 17.8. The summed E-state index contributed by atoms with van der Waals surface area (Å²) in [4.78, 5) is 17.0. The van der Waals surface area contributed by atoms with Crippen LogP contribution in [0.1, 0.15) is 30.4 Å². The highest BCUT2D eigenvalue weighted by Gasteiger charge is 2.24. The Balaban J connectivity index is 1.54. The number of hydrogen-bond acceptors (Lipinski definition) is 3. The van der Waals surface area contributed by atoms with Crippen molar-refractivity contribution in [2.75, 3.05) is 27.2 Å². The van der Waals surface area contributed by atoms with Gasteiger partial charge >= 0.3 is 0 Å². The van der Waals surface area contributed by atoms with Gasteiger partial charge in [0.05, 0.1) is 7.11 Å². The monoisotopic (exact) mass is 366 g/mol. The van der Waals surface area contributed by atoms with Crippen molar-refractivity contribution in [2.24, 2.45) is 0 Å². The molecular weight excluding hydrogens is 336 g/mol. The zero-order chi connectivity index (χ0) is 19.1. The van der Waals surface area contributed by atoms with E-state index in [4.69, 9.17) is 4.74 Å². The molecule has 1 aliphatic heterocycles. The average Bonchev–Trinajstić information content (AvgIpc) is 2.89. The van der Waals surface area contributed by atoms with Crippen LogP contribution >= 0.6 is 0 Å². The number of carbonyl (C=O) groups excluding carboxylic acids is 1. The molecule has 1 saturated heterocycles. The Bertz CT molecular complexity index is 732. The van der Waals surface area contributed by atoms with Gasteiger partial charge in [0.15, 0.2) is 0 Å². The Labute approximate surface area is 162 Å². The number of amides is 1. The van der Waals surface area contributed by atoms with Crippen LogP contribution in [0.5, 0.6) is 5.75 Å². The van der Waals surface area contributed by atoms with Crippen LogP contribution in [0.15, 0.2) is 54.6 Å². The van der Waals surface area contributed by atoms with Crippen molar-refractivity contribution in [1.29, 1.82) is 0 Å². The highest BCUT2D eigenvalue weighted by molar-refractivity contribution is 5.76. The highest BCUT2D eigenvalue weighted by atomic mass is 16.5. The molecule has 2 aromatic rings. The molecule has 1 aliphatic rings. The van der Waals surface area contributed by atoms with E-state index >= 15 is 0 Å². The van der Waals surface area contributed by atoms with Gasteiger partial charge in [-0.1, -0.05) is 42.5 Å². The van der Waals surface area contributed by atoms with Crippen LogP contribution in [0.3, 0.4) is 0 Å². The molecule has 144 valence electrons. The lowest BCUT2D eigenvalue weighted by molar-refractivity contribution is -0.131. The molecular formula is C23H30N2O2. The summed E-state index contributed by atoms with van der Waals surface area (Å²) in [5, 5.41) is 0. The Morgan fingerprint density at radius 3 is 2.63 bits per heavy atom. The predicted molar refractivity (Wildman–Crippen MR) is 109 cm³/mol. The molecule has 0 aromatic heterocycles. The first-order valence-corrected chi connectivity index (χ1v) is 9.80. The molecule has 0 radical (unpaired) electrons. The van der Waals surface area contributed by atoms with Gasteiger partial charge in [0, 0.05) is 32.1 Å². The van der Waals surface area contributed by atoms with Gasteiger partial charge in [0.1, 0.15) is 5.75 Å². The smallest absolute Gasteiger partial charge is 0.222 e. The SMILES string of the molecule is COc1cccc(CN2CCC(N(C)CCc3ccccc3)CCC2=O)c1. The first kappa shape index (κ1) is 19.4. The van der Waals surface area contributed by atoms with Crippen molar-refractivity contribution in [3.05, 3.63) is 65.7 Å². The number of likely N-dealkylation sites (tertiary alicyclic amines) is 1. The van der Waals surface area contributed by atoms with E-state index in [0.29, 0.717) is 19.0 Å². The second kappa shape index (κ2) is 9.56. The van der Waals surface area contributed by atoms with Crippen molar-refractivity contribution in [3.63, 3.8) is 0 Å². The van der Waals surface area contributed by atoms with Gasteiger partial charge in [-0.15, -0.1) is 0 Å². The van der Waals surface area contributed by atoms with Crippen molar-refractivity contribution in [2.45, 2.75) is 38.3 Å². The maximum absolute atomic E-state index is 12.6. The maximum Gasteiger partial charge on any atom is 0.222 e. The van der Waals surface area contributed by atoms with Crippen molar-refractivity contribution >= 4 is 5.91 Å². The van der Waals surface area contributed by atoms with Crippen molar-refractivity contribution < 1.29 is 9.53 Å². The van der Waals surface area contributed by atoms with Gasteiger partial charge < -0.3 is 14.5 Å². The van der Waals surface area contributed by atoms with E-state index in [2.05, 4.69) is 48.3 Å². The largest absolute Gasteiger partial charge is 0.497 e. The molecule has 0 N–H and O–H groups in total. The van der Waals surface area contributed by atoms with Crippen LogP contribution in [0.25, 0.3) is 0 Å².